The minimum atomic E-state index is -3.70. The van der Waals surface area contributed by atoms with Crippen LogP contribution in [0.5, 0.6) is 11.5 Å². The van der Waals surface area contributed by atoms with E-state index in [9.17, 15) is 13.2 Å². The van der Waals surface area contributed by atoms with E-state index in [1.165, 1.54) is 33.5 Å². The molecule has 1 aromatic rings. The summed E-state index contributed by atoms with van der Waals surface area (Å²) in [6.07, 6.45) is 1.09. The van der Waals surface area contributed by atoms with E-state index in [1.54, 1.807) is 11.0 Å². The van der Waals surface area contributed by atoms with E-state index >= 15 is 0 Å². The lowest BCUT2D eigenvalue weighted by atomic mass is 9.97. The van der Waals surface area contributed by atoms with Crippen LogP contribution in [0.4, 0.5) is 4.79 Å². The number of carbonyl (C=O) groups is 1. The molecule has 1 heterocycles. The highest BCUT2D eigenvalue weighted by molar-refractivity contribution is 7.89. The maximum atomic E-state index is 12.6. The summed E-state index contributed by atoms with van der Waals surface area (Å²) in [7, 11) is 0.569. The van der Waals surface area contributed by atoms with Gasteiger partial charge in [0.2, 0.25) is 10.0 Å². The molecule has 1 amide bonds. The van der Waals surface area contributed by atoms with Crippen molar-refractivity contribution < 1.29 is 27.4 Å². The van der Waals surface area contributed by atoms with Crippen LogP contribution in [-0.4, -0.2) is 60.4 Å². The fraction of sp³-hybridized carbons (Fsp3) is 0.562. The first-order valence-electron chi connectivity index (χ1n) is 7.96. The highest BCUT2D eigenvalue weighted by Gasteiger charge is 2.26. The lowest BCUT2D eigenvalue weighted by Crippen LogP contribution is -2.41. The first-order chi connectivity index (χ1) is 11.9. The van der Waals surface area contributed by atoms with Gasteiger partial charge in [0.25, 0.3) is 0 Å². The average Bonchev–Trinajstić information content (AvgIpc) is 2.65. The van der Waals surface area contributed by atoms with Gasteiger partial charge in [-0.2, -0.15) is 0 Å². The first-order valence-corrected chi connectivity index (χ1v) is 9.44. The van der Waals surface area contributed by atoms with Crippen molar-refractivity contribution in [1.29, 1.82) is 0 Å². The molecule has 1 aliphatic rings. The summed E-state index contributed by atoms with van der Waals surface area (Å²) in [5.41, 5.74) is 0. The Morgan fingerprint density at radius 3 is 2.44 bits per heavy atom. The van der Waals surface area contributed by atoms with E-state index in [2.05, 4.69) is 4.72 Å². The van der Waals surface area contributed by atoms with Gasteiger partial charge in [-0.25, -0.2) is 17.9 Å². The van der Waals surface area contributed by atoms with Gasteiger partial charge >= 0.3 is 6.09 Å². The number of piperidine rings is 1. The summed E-state index contributed by atoms with van der Waals surface area (Å²) in [6, 6.07) is 4.56. The smallest absolute Gasteiger partial charge is 0.409 e. The number of amides is 1. The molecule has 1 aliphatic heterocycles. The van der Waals surface area contributed by atoms with Crippen molar-refractivity contribution in [3.05, 3.63) is 18.2 Å². The van der Waals surface area contributed by atoms with Crippen molar-refractivity contribution in [1.82, 2.24) is 9.62 Å². The summed E-state index contributed by atoms with van der Waals surface area (Å²) >= 11 is 0. The number of ether oxygens (including phenoxy) is 3. The lowest BCUT2D eigenvalue weighted by Gasteiger charge is -2.30. The molecule has 1 N–H and O–H groups in total. The topological polar surface area (TPSA) is 94.2 Å². The number of hydrogen-bond donors (Lipinski definition) is 1. The molecule has 1 saturated heterocycles. The van der Waals surface area contributed by atoms with E-state index in [-0.39, 0.29) is 22.7 Å². The molecular formula is C16H24N2O6S. The Labute approximate surface area is 148 Å². The molecule has 25 heavy (non-hydrogen) atoms. The fourth-order valence-electron chi connectivity index (χ4n) is 2.75. The molecule has 0 unspecified atom stereocenters. The molecular weight excluding hydrogens is 348 g/mol. The van der Waals surface area contributed by atoms with Crippen molar-refractivity contribution in [2.75, 3.05) is 41.0 Å². The monoisotopic (exact) mass is 372 g/mol. The van der Waals surface area contributed by atoms with E-state index in [1.807, 2.05) is 0 Å². The Balaban J connectivity index is 1.98. The van der Waals surface area contributed by atoms with Gasteiger partial charge in [-0.05, 0) is 30.9 Å². The zero-order valence-electron chi connectivity index (χ0n) is 14.6. The van der Waals surface area contributed by atoms with Gasteiger partial charge in [-0.15, -0.1) is 0 Å². The normalized spacial score (nSPS) is 15.7. The number of nitrogens with zero attached hydrogens (tertiary/aromatic N) is 1. The number of benzene rings is 1. The van der Waals surface area contributed by atoms with Gasteiger partial charge in [0, 0.05) is 25.7 Å². The Bertz CT molecular complexity index is 699. The second kappa shape index (κ2) is 8.39. The predicted octanol–water partition coefficient (Wildman–Crippen LogP) is 1.46. The van der Waals surface area contributed by atoms with Crippen molar-refractivity contribution in [3.8, 4) is 11.5 Å². The summed E-state index contributed by atoms with van der Waals surface area (Å²) in [6.45, 7) is 1.43. The van der Waals surface area contributed by atoms with Gasteiger partial charge in [0.1, 0.15) is 16.4 Å². The number of hydrogen-bond acceptors (Lipinski definition) is 6. The van der Waals surface area contributed by atoms with Gasteiger partial charge in [-0.3, -0.25) is 0 Å². The van der Waals surface area contributed by atoms with E-state index in [0.29, 0.717) is 25.4 Å². The van der Waals surface area contributed by atoms with Crippen LogP contribution in [-0.2, 0) is 14.8 Å². The minimum Gasteiger partial charge on any atom is -0.497 e. The minimum absolute atomic E-state index is 0.0720. The van der Waals surface area contributed by atoms with E-state index < -0.39 is 10.0 Å². The molecule has 0 bridgehead atoms. The molecule has 0 spiro atoms. The van der Waals surface area contributed by atoms with Gasteiger partial charge in [-0.1, -0.05) is 0 Å². The number of likely N-dealkylation sites (tertiary alicyclic amines) is 1. The molecule has 0 atom stereocenters. The fourth-order valence-corrected chi connectivity index (χ4v) is 4.02. The van der Waals surface area contributed by atoms with Crippen LogP contribution in [0.25, 0.3) is 0 Å². The van der Waals surface area contributed by atoms with Crippen LogP contribution in [0.2, 0.25) is 0 Å². The molecule has 0 aliphatic carbocycles. The van der Waals surface area contributed by atoms with Crippen molar-refractivity contribution >= 4 is 16.1 Å². The first kappa shape index (κ1) is 19.3. The predicted molar refractivity (Wildman–Crippen MR) is 91.4 cm³/mol. The molecule has 1 fully saturated rings. The number of methoxy groups -OCH3 is 3. The molecule has 1 aromatic carbocycles. The zero-order valence-corrected chi connectivity index (χ0v) is 15.5. The highest BCUT2D eigenvalue weighted by Crippen LogP contribution is 2.28. The third kappa shape index (κ3) is 4.76. The number of sulfonamides is 1. The summed E-state index contributed by atoms with van der Waals surface area (Å²) < 4.78 is 42.7. The van der Waals surface area contributed by atoms with Crippen LogP contribution >= 0.6 is 0 Å². The van der Waals surface area contributed by atoms with Gasteiger partial charge < -0.3 is 19.1 Å². The Morgan fingerprint density at radius 1 is 1.20 bits per heavy atom. The summed E-state index contributed by atoms with van der Waals surface area (Å²) in [5, 5.41) is 0. The molecule has 9 heteroatoms. The molecule has 2 rings (SSSR count). The third-order valence-electron chi connectivity index (χ3n) is 4.27. The third-order valence-corrected chi connectivity index (χ3v) is 5.73. The molecule has 8 nitrogen and oxygen atoms in total. The quantitative estimate of drug-likeness (QED) is 0.812. The maximum absolute atomic E-state index is 12.6. The van der Waals surface area contributed by atoms with Crippen LogP contribution in [0, 0.1) is 5.92 Å². The van der Waals surface area contributed by atoms with Gasteiger partial charge in [0.05, 0.1) is 21.3 Å². The van der Waals surface area contributed by atoms with Crippen molar-refractivity contribution in [3.63, 3.8) is 0 Å². The summed E-state index contributed by atoms with van der Waals surface area (Å²) in [5.74, 6) is 0.915. The number of carbonyl (C=O) groups excluding carboxylic acids is 1. The summed E-state index contributed by atoms with van der Waals surface area (Å²) in [4.78, 5) is 13.2. The second-order valence-corrected chi connectivity index (χ2v) is 7.50. The molecule has 140 valence electrons. The lowest BCUT2D eigenvalue weighted by molar-refractivity contribution is 0.106. The Hall–Kier alpha value is -2.00. The van der Waals surface area contributed by atoms with Crippen LogP contribution in [0.15, 0.2) is 23.1 Å². The van der Waals surface area contributed by atoms with Crippen molar-refractivity contribution in [2.24, 2.45) is 5.92 Å². The van der Waals surface area contributed by atoms with Crippen LogP contribution in [0.3, 0.4) is 0 Å². The second-order valence-electron chi connectivity index (χ2n) is 5.77. The highest BCUT2D eigenvalue weighted by atomic mass is 32.2. The van der Waals surface area contributed by atoms with E-state index in [0.717, 1.165) is 12.8 Å². The number of rotatable bonds is 6. The SMILES string of the molecule is COC(=O)N1CCC(CNS(=O)(=O)c2ccc(OC)cc2OC)CC1. The molecule has 0 radical (unpaired) electrons. The maximum Gasteiger partial charge on any atom is 0.409 e. The van der Waals surface area contributed by atoms with Crippen molar-refractivity contribution in [2.45, 2.75) is 17.7 Å². The van der Waals surface area contributed by atoms with E-state index in [4.69, 9.17) is 14.2 Å². The molecule has 0 aromatic heterocycles. The van der Waals surface area contributed by atoms with Gasteiger partial charge in [0.15, 0.2) is 0 Å². The average molecular weight is 372 g/mol. The zero-order chi connectivity index (χ0) is 18.4. The number of nitrogens with one attached hydrogen (secondary N) is 1. The van der Waals surface area contributed by atoms with Crippen LogP contribution < -0.4 is 14.2 Å². The standard InChI is InChI=1S/C16H24N2O6S/c1-22-13-4-5-15(14(10-13)23-2)25(20,21)17-11-12-6-8-18(9-7-12)16(19)24-3/h4-5,10,12,17H,6-9,11H2,1-3H3. The largest absolute Gasteiger partial charge is 0.497 e. The Kier molecular flexibility index (Phi) is 6.49. The molecule has 0 saturated carbocycles. The Morgan fingerprint density at radius 2 is 1.88 bits per heavy atom. The van der Waals surface area contributed by atoms with Crippen LogP contribution in [0.1, 0.15) is 12.8 Å².